The number of rotatable bonds is 1. The summed E-state index contributed by atoms with van der Waals surface area (Å²) < 4.78 is 3.45. The number of aryl methyl sites for hydroxylation is 3. The van der Waals surface area contributed by atoms with Crippen molar-refractivity contribution in [2.24, 2.45) is 7.05 Å². The first-order valence-corrected chi connectivity index (χ1v) is 5.33. The highest BCUT2D eigenvalue weighted by Gasteiger charge is 2.14. The second-order valence-electron chi connectivity index (χ2n) is 3.25. The number of fused-ring (bicyclic) bond motifs is 1. The molecule has 0 radical (unpaired) electrons. The van der Waals surface area contributed by atoms with Gasteiger partial charge in [-0.3, -0.25) is 0 Å². The standard InChI is InChI=1S/C10H13N2S/c1-4-8-10-9(7(2)5-13-10)11-6-12(8)3/h5-6H,4H2,1-3H3/q+1. The molecule has 68 valence electrons. The summed E-state index contributed by atoms with van der Waals surface area (Å²) in [5.41, 5.74) is 3.83. The largest absolute Gasteiger partial charge is 0.286 e. The van der Waals surface area contributed by atoms with Crippen LogP contribution in [0.1, 0.15) is 18.2 Å². The molecule has 0 atom stereocenters. The fourth-order valence-corrected chi connectivity index (χ4v) is 2.74. The molecule has 3 heteroatoms. The molecule has 0 spiro atoms. The van der Waals surface area contributed by atoms with Crippen molar-refractivity contribution in [3.63, 3.8) is 0 Å². The molecule has 2 aromatic rings. The fourth-order valence-electron chi connectivity index (χ4n) is 1.59. The molecule has 0 fully saturated rings. The highest BCUT2D eigenvalue weighted by molar-refractivity contribution is 7.17. The van der Waals surface area contributed by atoms with Crippen molar-refractivity contribution in [1.82, 2.24) is 4.98 Å². The molecule has 0 saturated heterocycles. The minimum atomic E-state index is 1.06. The van der Waals surface area contributed by atoms with Gasteiger partial charge in [0.1, 0.15) is 10.4 Å². The van der Waals surface area contributed by atoms with Gasteiger partial charge in [-0.15, -0.1) is 11.3 Å². The van der Waals surface area contributed by atoms with Crippen LogP contribution in [0.3, 0.4) is 0 Å². The molecule has 0 aliphatic carbocycles. The Hall–Kier alpha value is -0.960. The SMILES string of the molecule is CCc1c2scc(C)c2nc[n+]1C. The Morgan fingerprint density at radius 1 is 1.54 bits per heavy atom. The van der Waals surface area contributed by atoms with Crippen LogP contribution >= 0.6 is 11.3 Å². The van der Waals surface area contributed by atoms with Crippen LogP contribution in [0.2, 0.25) is 0 Å². The van der Waals surface area contributed by atoms with E-state index < -0.39 is 0 Å². The molecule has 0 bridgehead atoms. The van der Waals surface area contributed by atoms with Gasteiger partial charge in [-0.2, -0.15) is 0 Å². The zero-order valence-electron chi connectivity index (χ0n) is 8.16. The lowest BCUT2D eigenvalue weighted by atomic mass is 10.2. The second-order valence-corrected chi connectivity index (χ2v) is 4.13. The molecule has 2 rings (SSSR count). The lowest BCUT2D eigenvalue weighted by Crippen LogP contribution is -2.33. The molecule has 0 amide bonds. The van der Waals surface area contributed by atoms with Crippen LogP contribution < -0.4 is 4.57 Å². The Labute approximate surface area is 81.9 Å². The van der Waals surface area contributed by atoms with E-state index >= 15 is 0 Å². The van der Waals surface area contributed by atoms with Crippen LogP contribution in [0.4, 0.5) is 0 Å². The van der Waals surface area contributed by atoms with Crippen molar-refractivity contribution in [2.45, 2.75) is 20.3 Å². The van der Waals surface area contributed by atoms with Gasteiger partial charge in [0.25, 0.3) is 6.33 Å². The first-order chi connectivity index (χ1) is 6.24. The summed E-state index contributed by atoms with van der Waals surface area (Å²) in [6.07, 6.45) is 2.97. The number of aromatic nitrogens is 2. The van der Waals surface area contributed by atoms with E-state index in [4.69, 9.17) is 0 Å². The van der Waals surface area contributed by atoms with Crippen LogP contribution in [0, 0.1) is 6.92 Å². The van der Waals surface area contributed by atoms with Crippen molar-refractivity contribution < 1.29 is 4.57 Å². The average Bonchev–Trinajstić information content (AvgIpc) is 2.48. The van der Waals surface area contributed by atoms with Crippen molar-refractivity contribution in [2.75, 3.05) is 0 Å². The maximum atomic E-state index is 4.42. The molecule has 0 unspecified atom stereocenters. The van der Waals surface area contributed by atoms with E-state index in [2.05, 4.69) is 35.8 Å². The Balaban J connectivity index is 2.85. The second kappa shape index (κ2) is 3.07. The third kappa shape index (κ3) is 1.23. The topological polar surface area (TPSA) is 16.8 Å². The molecule has 0 aliphatic heterocycles. The first kappa shape index (κ1) is 8.63. The van der Waals surface area contributed by atoms with Crippen LogP contribution in [-0.4, -0.2) is 4.98 Å². The number of hydrogen-bond acceptors (Lipinski definition) is 2. The molecule has 2 heterocycles. The smallest absolute Gasteiger partial charge is 0.236 e. The minimum Gasteiger partial charge on any atom is -0.236 e. The number of nitrogens with zero attached hydrogens (tertiary/aromatic N) is 2. The van der Waals surface area contributed by atoms with Crippen LogP contribution in [0.25, 0.3) is 10.2 Å². The highest BCUT2D eigenvalue weighted by atomic mass is 32.1. The van der Waals surface area contributed by atoms with Gasteiger partial charge < -0.3 is 0 Å². The molecule has 0 aliphatic rings. The molecule has 13 heavy (non-hydrogen) atoms. The molecule has 0 saturated carbocycles. The predicted octanol–water partition coefficient (Wildman–Crippen LogP) is 1.99. The van der Waals surface area contributed by atoms with Gasteiger partial charge in [0.15, 0.2) is 5.52 Å². The van der Waals surface area contributed by atoms with E-state index in [-0.39, 0.29) is 0 Å². The van der Waals surface area contributed by atoms with Gasteiger partial charge in [0.2, 0.25) is 0 Å². The monoisotopic (exact) mass is 193 g/mol. The van der Waals surface area contributed by atoms with Gasteiger partial charge in [0.05, 0.1) is 7.05 Å². The van der Waals surface area contributed by atoms with Crippen LogP contribution in [0.15, 0.2) is 11.7 Å². The van der Waals surface area contributed by atoms with E-state index in [0.29, 0.717) is 0 Å². The Morgan fingerprint density at radius 2 is 2.31 bits per heavy atom. The lowest BCUT2D eigenvalue weighted by Gasteiger charge is -1.97. The van der Waals surface area contributed by atoms with Gasteiger partial charge in [0, 0.05) is 12.0 Å². The summed E-state index contributed by atoms with van der Waals surface area (Å²) in [4.78, 5) is 4.42. The summed E-state index contributed by atoms with van der Waals surface area (Å²) in [7, 11) is 2.06. The Morgan fingerprint density at radius 3 is 3.00 bits per heavy atom. The van der Waals surface area contributed by atoms with Crippen molar-refractivity contribution in [3.8, 4) is 0 Å². The normalized spacial score (nSPS) is 11.0. The van der Waals surface area contributed by atoms with Gasteiger partial charge in [-0.25, -0.2) is 4.57 Å². The summed E-state index contributed by atoms with van der Waals surface area (Å²) in [5.74, 6) is 0. The lowest BCUT2D eigenvalue weighted by molar-refractivity contribution is -0.680. The molecular weight excluding hydrogens is 180 g/mol. The van der Waals surface area contributed by atoms with Crippen molar-refractivity contribution in [1.29, 1.82) is 0 Å². The first-order valence-electron chi connectivity index (χ1n) is 4.45. The highest BCUT2D eigenvalue weighted by Crippen LogP contribution is 2.24. The zero-order chi connectivity index (χ0) is 9.42. The average molecular weight is 193 g/mol. The quantitative estimate of drug-likeness (QED) is 0.633. The van der Waals surface area contributed by atoms with E-state index in [1.165, 1.54) is 21.5 Å². The zero-order valence-corrected chi connectivity index (χ0v) is 8.98. The van der Waals surface area contributed by atoms with Gasteiger partial charge in [-0.05, 0) is 17.3 Å². The fraction of sp³-hybridized carbons (Fsp3) is 0.400. The van der Waals surface area contributed by atoms with Crippen LogP contribution in [0.5, 0.6) is 0 Å². The van der Waals surface area contributed by atoms with E-state index in [0.717, 1.165) is 6.42 Å². The Bertz CT molecular complexity index is 445. The number of hydrogen-bond donors (Lipinski definition) is 0. The Kier molecular flexibility index (Phi) is 2.04. The maximum Gasteiger partial charge on any atom is 0.286 e. The predicted molar refractivity (Wildman–Crippen MR) is 54.9 cm³/mol. The van der Waals surface area contributed by atoms with E-state index in [9.17, 15) is 0 Å². The molecule has 0 aromatic carbocycles. The van der Waals surface area contributed by atoms with E-state index in [1.54, 1.807) is 11.3 Å². The molecule has 2 aromatic heterocycles. The summed E-state index contributed by atoms with van der Waals surface area (Å²) in [6.45, 7) is 4.30. The molecule has 0 N–H and O–H groups in total. The number of thiophene rings is 1. The van der Waals surface area contributed by atoms with Crippen molar-refractivity contribution >= 4 is 21.6 Å². The maximum absolute atomic E-state index is 4.42. The van der Waals surface area contributed by atoms with Gasteiger partial charge in [-0.1, -0.05) is 6.92 Å². The summed E-state index contributed by atoms with van der Waals surface area (Å²) in [5, 5.41) is 2.18. The third-order valence-corrected chi connectivity index (χ3v) is 3.46. The van der Waals surface area contributed by atoms with Crippen LogP contribution in [-0.2, 0) is 13.5 Å². The van der Waals surface area contributed by atoms with Crippen molar-refractivity contribution in [3.05, 3.63) is 23.0 Å². The third-order valence-electron chi connectivity index (χ3n) is 2.32. The minimum absolute atomic E-state index is 1.06. The molecular formula is C10H13N2S+. The van der Waals surface area contributed by atoms with Gasteiger partial charge >= 0.3 is 0 Å². The van der Waals surface area contributed by atoms with E-state index in [1.807, 2.05) is 6.33 Å². The summed E-state index contributed by atoms with van der Waals surface area (Å²) in [6, 6.07) is 0. The summed E-state index contributed by atoms with van der Waals surface area (Å²) >= 11 is 1.80. The molecule has 2 nitrogen and oxygen atoms in total.